The molecule has 4 heteroatoms. The fraction of sp³-hybridized carbons (Fsp3) is 0.917. The number of hydrogen-bond acceptors (Lipinski definition) is 2. The van der Waals surface area contributed by atoms with Gasteiger partial charge in [0.25, 0.3) is 0 Å². The van der Waals surface area contributed by atoms with Crippen molar-refractivity contribution in [2.24, 2.45) is 0 Å². The summed E-state index contributed by atoms with van der Waals surface area (Å²) in [6.07, 6.45) is 11.3. The lowest BCUT2D eigenvalue weighted by molar-refractivity contribution is -0.0356. The monoisotopic (exact) mass is 258 g/mol. The van der Waals surface area contributed by atoms with Gasteiger partial charge in [0.1, 0.15) is 0 Å². The third-order valence-corrected chi connectivity index (χ3v) is 6.41. The first kappa shape index (κ1) is 12.8. The Hall–Kier alpha value is 0.354. The van der Waals surface area contributed by atoms with E-state index in [1.54, 1.807) is 0 Å². The summed E-state index contributed by atoms with van der Waals surface area (Å²) in [5.41, 5.74) is 0. The first-order valence-corrected chi connectivity index (χ1v) is 8.74. The SMILES string of the molecule is [H+].[SiH3]C1([CH]CC2([SiH3])CCCCO2)CCCCO1. The van der Waals surface area contributed by atoms with Crippen LogP contribution in [0.25, 0.3) is 0 Å². The Balaban J connectivity index is 0.00000144. The Morgan fingerprint density at radius 2 is 1.69 bits per heavy atom. The Morgan fingerprint density at radius 3 is 2.25 bits per heavy atom. The molecule has 0 bridgehead atoms. The highest BCUT2D eigenvalue weighted by Gasteiger charge is 2.33. The van der Waals surface area contributed by atoms with Gasteiger partial charge in [-0.3, -0.25) is 0 Å². The van der Waals surface area contributed by atoms with E-state index in [2.05, 4.69) is 6.42 Å². The van der Waals surface area contributed by atoms with Gasteiger partial charge in [0.15, 0.2) is 0 Å². The van der Waals surface area contributed by atoms with E-state index in [0.717, 1.165) is 40.1 Å². The third-order valence-electron chi connectivity index (χ3n) is 4.02. The molecule has 2 nitrogen and oxygen atoms in total. The van der Waals surface area contributed by atoms with Crippen LogP contribution in [-0.4, -0.2) is 44.1 Å². The Kier molecular flexibility index (Phi) is 4.27. The average molecular weight is 259 g/mol. The van der Waals surface area contributed by atoms with E-state index in [4.69, 9.17) is 9.47 Å². The van der Waals surface area contributed by atoms with Crippen LogP contribution >= 0.6 is 0 Å². The summed E-state index contributed by atoms with van der Waals surface area (Å²) < 4.78 is 12.0. The van der Waals surface area contributed by atoms with E-state index in [1.807, 2.05) is 0 Å². The van der Waals surface area contributed by atoms with E-state index in [0.29, 0.717) is 0 Å². The van der Waals surface area contributed by atoms with Gasteiger partial charge in [0.2, 0.25) is 0 Å². The van der Waals surface area contributed by atoms with Gasteiger partial charge in [0, 0.05) is 38.9 Å². The quantitative estimate of drug-likeness (QED) is 0.674. The molecule has 2 atom stereocenters. The minimum absolute atomic E-state index is 0. The smallest absolute Gasteiger partial charge is 0.380 e. The molecule has 93 valence electrons. The predicted molar refractivity (Wildman–Crippen MR) is 75.0 cm³/mol. The molecule has 0 N–H and O–H groups in total. The fourth-order valence-corrected chi connectivity index (χ4v) is 4.22. The number of rotatable bonds is 3. The standard InChI is InChI=1S/C12H25O2Si2/c15-11(5-1-3-9-13-11)7-8-12(16)6-2-4-10-14-12/h7H,1-6,8-10H2,15-16H3/p+1. The lowest BCUT2D eigenvalue weighted by Gasteiger charge is -2.39. The van der Waals surface area contributed by atoms with Crippen molar-refractivity contribution in [2.75, 3.05) is 13.2 Å². The second-order valence-corrected chi connectivity index (χ2v) is 9.30. The Bertz CT molecular complexity index is 203. The summed E-state index contributed by atoms with van der Waals surface area (Å²) in [6.45, 7) is 1.95. The van der Waals surface area contributed by atoms with Crippen LogP contribution in [0.3, 0.4) is 0 Å². The van der Waals surface area contributed by atoms with Gasteiger partial charge in [-0.25, -0.2) is 0 Å². The molecular formula is C12H26O2Si2+. The number of ether oxygens (including phenoxy) is 2. The molecule has 2 aliphatic heterocycles. The number of hydrogen-bond donors (Lipinski definition) is 0. The molecule has 0 aromatic rings. The Labute approximate surface area is 107 Å². The normalized spacial score (nSPS) is 41.2. The summed E-state index contributed by atoms with van der Waals surface area (Å²) in [5, 5.41) is 0.396. The van der Waals surface area contributed by atoms with Crippen molar-refractivity contribution in [1.82, 2.24) is 0 Å². The highest BCUT2D eigenvalue weighted by atomic mass is 28.1. The van der Waals surface area contributed by atoms with Crippen molar-refractivity contribution in [1.29, 1.82) is 0 Å². The van der Waals surface area contributed by atoms with Crippen LogP contribution in [0.1, 0.15) is 46.4 Å². The second kappa shape index (κ2) is 5.33. The molecule has 2 heterocycles. The van der Waals surface area contributed by atoms with Gasteiger partial charge in [-0.05, 0) is 51.4 Å². The maximum Gasteiger partial charge on any atom is 1.00 e. The van der Waals surface area contributed by atoms with E-state index >= 15 is 0 Å². The maximum absolute atomic E-state index is 5.99. The zero-order chi connectivity index (χ0) is 11.5. The summed E-state index contributed by atoms with van der Waals surface area (Å²) in [7, 11) is 2.28. The molecule has 16 heavy (non-hydrogen) atoms. The molecule has 0 aromatic heterocycles. The highest BCUT2D eigenvalue weighted by molar-refractivity contribution is 6.16. The van der Waals surface area contributed by atoms with Crippen LogP contribution < -0.4 is 0 Å². The van der Waals surface area contributed by atoms with Gasteiger partial charge < -0.3 is 9.47 Å². The van der Waals surface area contributed by atoms with Crippen molar-refractivity contribution in [2.45, 2.75) is 55.4 Å². The van der Waals surface area contributed by atoms with Crippen LogP contribution in [0.2, 0.25) is 0 Å². The molecule has 0 aliphatic carbocycles. The molecule has 0 amide bonds. The molecule has 2 unspecified atom stereocenters. The molecule has 2 saturated heterocycles. The zero-order valence-electron chi connectivity index (χ0n) is 11.8. The van der Waals surface area contributed by atoms with Crippen LogP contribution in [0.4, 0.5) is 0 Å². The Morgan fingerprint density at radius 1 is 1.00 bits per heavy atom. The first-order chi connectivity index (χ1) is 7.62. The summed E-state index contributed by atoms with van der Waals surface area (Å²) in [4.78, 5) is 0. The molecule has 0 saturated carbocycles. The molecule has 0 aromatic carbocycles. The van der Waals surface area contributed by atoms with Crippen LogP contribution in [-0.2, 0) is 9.47 Å². The lowest BCUT2D eigenvalue weighted by atomic mass is 9.97. The first-order valence-electron chi connectivity index (χ1n) is 6.74. The predicted octanol–water partition coefficient (Wildman–Crippen LogP) is 0.218. The largest absolute Gasteiger partial charge is 1.00 e. The van der Waals surface area contributed by atoms with Crippen LogP contribution in [0, 0.1) is 6.42 Å². The summed E-state index contributed by atoms with van der Waals surface area (Å²) in [6, 6.07) is 0. The third kappa shape index (κ3) is 3.42. The molecule has 2 aliphatic rings. The van der Waals surface area contributed by atoms with Crippen molar-refractivity contribution < 1.29 is 10.9 Å². The van der Waals surface area contributed by atoms with Crippen molar-refractivity contribution >= 4 is 20.5 Å². The zero-order valence-corrected chi connectivity index (χ0v) is 14.8. The molecule has 2 rings (SSSR count). The summed E-state index contributed by atoms with van der Waals surface area (Å²) >= 11 is 0. The van der Waals surface area contributed by atoms with E-state index in [9.17, 15) is 0 Å². The van der Waals surface area contributed by atoms with Gasteiger partial charge in [-0.15, -0.1) is 0 Å². The van der Waals surface area contributed by atoms with Crippen LogP contribution in [0.5, 0.6) is 0 Å². The summed E-state index contributed by atoms with van der Waals surface area (Å²) in [5.74, 6) is 0. The molecule has 0 spiro atoms. The van der Waals surface area contributed by atoms with Crippen molar-refractivity contribution in [3.05, 3.63) is 6.42 Å². The van der Waals surface area contributed by atoms with Crippen molar-refractivity contribution in [3.63, 3.8) is 0 Å². The van der Waals surface area contributed by atoms with E-state index in [1.165, 1.54) is 38.5 Å². The van der Waals surface area contributed by atoms with E-state index < -0.39 is 0 Å². The molecule has 2 fully saturated rings. The average Bonchev–Trinajstić information content (AvgIpc) is 2.29. The molecular weight excluding hydrogens is 232 g/mol. The maximum atomic E-state index is 5.99. The van der Waals surface area contributed by atoms with Gasteiger partial charge in [0.05, 0.1) is 5.22 Å². The van der Waals surface area contributed by atoms with Gasteiger partial charge in [-0.1, -0.05) is 0 Å². The molecule has 1 radical (unpaired) electrons. The minimum atomic E-state index is 0. The lowest BCUT2D eigenvalue weighted by Crippen LogP contribution is -2.43. The second-order valence-electron chi connectivity index (χ2n) is 5.78. The minimum Gasteiger partial charge on any atom is -0.380 e. The van der Waals surface area contributed by atoms with E-state index in [-0.39, 0.29) is 11.9 Å². The van der Waals surface area contributed by atoms with Gasteiger partial charge in [-0.2, -0.15) is 0 Å². The van der Waals surface area contributed by atoms with Gasteiger partial charge >= 0.3 is 1.43 Å². The fourth-order valence-electron chi connectivity index (χ4n) is 2.70. The van der Waals surface area contributed by atoms with Crippen molar-refractivity contribution in [3.8, 4) is 0 Å². The topological polar surface area (TPSA) is 18.5 Å². The van der Waals surface area contributed by atoms with Crippen LogP contribution in [0.15, 0.2) is 0 Å². The highest BCUT2D eigenvalue weighted by Crippen LogP contribution is 2.32.